The van der Waals surface area contributed by atoms with Crippen molar-refractivity contribution in [2.75, 3.05) is 13.2 Å². The second-order valence-corrected chi connectivity index (χ2v) is 20.6. The monoisotopic (exact) mass is 1020 g/mol. The van der Waals surface area contributed by atoms with Gasteiger partial charge in [-0.2, -0.15) is 0 Å². The van der Waals surface area contributed by atoms with Gasteiger partial charge in [-0.05, 0) is 109 Å². The van der Waals surface area contributed by atoms with Gasteiger partial charge in [0.25, 0.3) is 0 Å². The Morgan fingerprint density at radius 3 is 0.890 bits per heavy atom. The van der Waals surface area contributed by atoms with Gasteiger partial charge in [-0.15, -0.1) is 0 Å². The fourth-order valence-corrected chi connectivity index (χ4v) is 8.65. The van der Waals surface area contributed by atoms with Crippen molar-refractivity contribution < 1.29 is 28.6 Å². The molecular weight excluding hydrogens is 901 g/mol. The predicted molar refractivity (Wildman–Crippen MR) is 316 cm³/mol. The van der Waals surface area contributed by atoms with Crippen LogP contribution in [0.15, 0.2) is 85.1 Å². The van der Waals surface area contributed by atoms with Crippen LogP contribution in [0.4, 0.5) is 0 Å². The first-order valence-electron chi connectivity index (χ1n) is 31.1. The zero-order valence-electron chi connectivity index (χ0n) is 48.1. The third-order valence-corrected chi connectivity index (χ3v) is 13.4. The minimum Gasteiger partial charge on any atom is -0.462 e. The summed E-state index contributed by atoms with van der Waals surface area (Å²) in [5, 5.41) is 0. The average Bonchev–Trinajstić information content (AvgIpc) is 3.39. The van der Waals surface area contributed by atoms with E-state index in [0.29, 0.717) is 19.3 Å². The fourth-order valence-electron chi connectivity index (χ4n) is 8.65. The van der Waals surface area contributed by atoms with Crippen LogP contribution in [0, 0.1) is 0 Å². The molecule has 0 spiro atoms. The molecule has 0 aromatic rings. The average molecular weight is 1020 g/mol. The lowest BCUT2D eigenvalue weighted by Crippen LogP contribution is -2.30. The highest BCUT2D eigenvalue weighted by Gasteiger charge is 2.19. The molecule has 6 nitrogen and oxygen atoms in total. The van der Waals surface area contributed by atoms with Crippen molar-refractivity contribution in [3.63, 3.8) is 0 Å². The molecule has 0 aromatic heterocycles. The van der Waals surface area contributed by atoms with E-state index in [1.54, 1.807) is 0 Å². The van der Waals surface area contributed by atoms with Crippen LogP contribution in [-0.2, 0) is 28.6 Å². The predicted octanol–water partition coefficient (Wildman–Crippen LogP) is 21.1. The lowest BCUT2D eigenvalue weighted by Gasteiger charge is -2.18. The van der Waals surface area contributed by atoms with Crippen LogP contribution in [0.5, 0.6) is 0 Å². The molecule has 0 bridgehead atoms. The van der Waals surface area contributed by atoms with Crippen molar-refractivity contribution in [2.45, 2.75) is 309 Å². The van der Waals surface area contributed by atoms with Crippen LogP contribution in [-0.4, -0.2) is 37.2 Å². The molecule has 420 valence electrons. The van der Waals surface area contributed by atoms with E-state index in [0.717, 1.165) is 70.6 Å². The molecule has 0 fully saturated rings. The number of unbranched alkanes of at least 4 members (excludes halogenated alkanes) is 31. The maximum atomic E-state index is 12.9. The second-order valence-electron chi connectivity index (χ2n) is 20.6. The summed E-state index contributed by atoms with van der Waals surface area (Å²) in [7, 11) is 0. The first-order chi connectivity index (χ1) is 36.0. The standard InChI is InChI=1S/C67H116O6/c1-4-7-10-13-16-19-22-25-28-30-32-33-35-37-40-43-46-49-52-55-58-61-67(70)73-64(62-71-65(68)59-56-53-50-47-44-41-38-27-24-21-18-15-12-9-6-3)63-72-66(69)60-57-54-51-48-45-42-39-36-34-31-29-26-23-20-17-14-11-8-5-2/h17,20,25-29,34,36,38,42,45,51,54,64H,4-16,18-19,21-24,30-33,35,37,39-41,43-44,46-50,52-53,55-63H2,1-3H3/b20-17-,28-25-,29-26-,36-34-,38-27-,45-42-,54-51-/t64-/m0/s1. The molecule has 0 amide bonds. The van der Waals surface area contributed by atoms with E-state index >= 15 is 0 Å². The summed E-state index contributed by atoms with van der Waals surface area (Å²) >= 11 is 0. The largest absolute Gasteiger partial charge is 0.462 e. The Morgan fingerprint density at radius 2 is 0.521 bits per heavy atom. The number of esters is 3. The summed E-state index contributed by atoms with van der Waals surface area (Å²) in [6, 6.07) is 0. The molecule has 0 saturated heterocycles. The lowest BCUT2D eigenvalue weighted by molar-refractivity contribution is -0.166. The Morgan fingerprint density at radius 1 is 0.274 bits per heavy atom. The Kier molecular flexibility index (Phi) is 58.3. The topological polar surface area (TPSA) is 78.9 Å². The molecule has 0 saturated carbocycles. The van der Waals surface area contributed by atoms with Gasteiger partial charge in [0.2, 0.25) is 0 Å². The first kappa shape index (κ1) is 69.6. The summed E-state index contributed by atoms with van der Waals surface area (Å²) in [4.78, 5) is 38.2. The number of carbonyl (C=O) groups excluding carboxylic acids is 3. The van der Waals surface area contributed by atoms with Crippen molar-refractivity contribution in [3.05, 3.63) is 85.1 Å². The van der Waals surface area contributed by atoms with Crippen LogP contribution < -0.4 is 0 Å². The fraction of sp³-hybridized carbons (Fsp3) is 0.746. The second kappa shape index (κ2) is 61.1. The molecule has 6 heteroatoms. The highest BCUT2D eigenvalue weighted by atomic mass is 16.6. The Bertz CT molecular complexity index is 1400. The molecule has 73 heavy (non-hydrogen) atoms. The minimum atomic E-state index is -0.811. The number of allylic oxidation sites excluding steroid dienone is 14. The number of carbonyl (C=O) groups is 3. The van der Waals surface area contributed by atoms with E-state index in [4.69, 9.17) is 14.2 Å². The minimum absolute atomic E-state index is 0.103. The normalized spacial score (nSPS) is 12.6. The zero-order valence-corrected chi connectivity index (χ0v) is 48.1. The van der Waals surface area contributed by atoms with Gasteiger partial charge in [0.1, 0.15) is 13.2 Å². The smallest absolute Gasteiger partial charge is 0.306 e. The summed E-state index contributed by atoms with van der Waals surface area (Å²) in [5.74, 6) is -0.988. The van der Waals surface area contributed by atoms with Gasteiger partial charge in [0.05, 0.1) is 0 Å². The van der Waals surface area contributed by atoms with Crippen LogP contribution in [0.25, 0.3) is 0 Å². The lowest BCUT2D eigenvalue weighted by atomic mass is 10.0. The van der Waals surface area contributed by atoms with Gasteiger partial charge < -0.3 is 14.2 Å². The molecule has 0 aliphatic rings. The highest BCUT2D eigenvalue weighted by Crippen LogP contribution is 2.15. The van der Waals surface area contributed by atoms with E-state index in [1.807, 2.05) is 6.08 Å². The van der Waals surface area contributed by atoms with Gasteiger partial charge in [-0.3, -0.25) is 14.4 Å². The highest BCUT2D eigenvalue weighted by molar-refractivity contribution is 5.71. The molecule has 0 rings (SSSR count). The number of ether oxygens (including phenoxy) is 3. The van der Waals surface area contributed by atoms with Crippen molar-refractivity contribution >= 4 is 17.9 Å². The third-order valence-electron chi connectivity index (χ3n) is 13.4. The van der Waals surface area contributed by atoms with E-state index in [-0.39, 0.29) is 37.5 Å². The summed E-state index contributed by atoms with van der Waals surface area (Å²) < 4.78 is 16.8. The van der Waals surface area contributed by atoms with Gasteiger partial charge in [-0.1, -0.05) is 260 Å². The first-order valence-corrected chi connectivity index (χ1v) is 31.1. The summed E-state index contributed by atoms with van der Waals surface area (Å²) in [6.07, 6.45) is 80.2. The van der Waals surface area contributed by atoms with Crippen LogP contribution in [0.3, 0.4) is 0 Å². The molecule has 0 aromatic carbocycles. The maximum absolute atomic E-state index is 12.9. The van der Waals surface area contributed by atoms with Crippen LogP contribution in [0.2, 0.25) is 0 Å². The Hall–Kier alpha value is -3.41. The van der Waals surface area contributed by atoms with Gasteiger partial charge >= 0.3 is 17.9 Å². The maximum Gasteiger partial charge on any atom is 0.306 e. The van der Waals surface area contributed by atoms with Crippen LogP contribution >= 0.6 is 0 Å². The van der Waals surface area contributed by atoms with Crippen molar-refractivity contribution in [3.8, 4) is 0 Å². The molecule has 0 N–H and O–H groups in total. The van der Waals surface area contributed by atoms with Crippen LogP contribution in [0.1, 0.15) is 303 Å². The molecule has 0 radical (unpaired) electrons. The van der Waals surface area contributed by atoms with Gasteiger partial charge in [0, 0.05) is 19.3 Å². The van der Waals surface area contributed by atoms with Gasteiger partial charge in [0.15, 0.2) is 6.10 Å². The molecule has 0 unspecified atom stereocenters. The molecular formula is C67H116O6. The Balaban J connectivity index is 4.47. The Labute approximate surface area is 452 Å². The third kappa shape index (κ3) is 59.3. The van der Waals surface area contributed by atoms with E-state index in [1.165, 1.54) is 186 Å². The van der Waals surface area contributed by atoms with Crippen molar-refractivity contribution in [2.24, 2.45) is 0 Å². The summed E-state index contributed by atoms with van der Waals surface area (Å²) in [6.45, 7) is 6.56. The summed E-state index contributed by atoms with van der Waals surface area (Å²) in [5.41, 5.74) is 0. The SMILES string of the molecule is CCCCC/C=C\C/C=C\C/C=C\C/C=C\C/C=C\CCC(=O)OC[C@H](COC(=O)CCCCCCC/C=C\CCCCCCCC)OC(=O)CCCCCCCCCCCCC/C=C\CCCCCCCC. The quantitative estimate of drug-likeness (QED) is 0.0261. The zero-order chi connectivity index (χ0) is 52.9. The molecule has 0 heterocycles. The van der Waals surface area contributed by atoms with E-state index in [2.05, 4.69) is 99.8 Å². The molecule has 0 aliphatic carbocycles. The van der Waals surface area contributed by atoms with Gasteiger partial charge in [-0.25, -0.2) is 0 Å². The van der Waals surface area contributed by atoms with E-state index < -0.39 is 6.10 Å². The van der Waals surface area contributed by atoms with E-state index in [9.17, 15) is 14.4 Å². The number of rotatable bonds is 56. The molecule has 1 atom stereocenters. The number of hydrogen-bond acceptors (Lipinski definition) is 6. The number of hydrogen-bond donors (Lipinski definition) is 0. The van der Waals surface area contributed by atoms with Crippen molar-refractivity contribution in [1.82, 2.24) is 0 Å². The van der Waals surface area contributed by atoms with Crippen molar-refractivity contribution in [1.29, 1.82) is 0 Å². The molecule has 0 aliphatic heterocycles.